The van der Waals surface area contributed by atoms with Crippen molar-refractivity contribution < 1.29 is 14.3 Å². The summed E-state index contributed by atoms with van der Waals surface area (Å²) in [5.41, 5.74) is 5.33. The summed E-state index contributed by atoms with van der Waals surface area (Å²) in [6.45, 7) is 3.42. The molecule has 1 aliphatic rings. The van der Waals surface area contributed by atoms with Crippen molar-refractivity contribution >= 4 is 11.9 Å². The van der Waals surface area contributed by atoms with Crippen molar-refractivity contribution in [2.24, 2.45) is 11.7 Å². The molecule has 1 heterocycles. The van der Waals surface area contributed by atoms with Gasteiger partial charge in [0, 0.05) is 0 Å². The van der Waals surface area contributed by atoms with E-state index in [2.05, 4.69) is 4.90 Å². The predicted molar refractivity (Wildman–Crippen MR) is 59.6 cm³/mol. The zero-order valence-electron chi connectivity index (χ0n) is 9.94. The number of nitrogens with zero attached hydrogens (tertiary/aromatic N) is 1. The lowest BCUT2D eigenvalue weighted by Crippen LogP contribution is -2.48. The molecule has 1 fully saturated rings. The first-order chi connectivity index (χ1) is 7.60. The summed E-state index contributed by atoms with van der Waals surface area (Å²) < 4.78 is 4.71. The number of nitrogens with two attached hydrogens (primary N) is 1. The summed E-state index contributed by atoms with van der Waals surface area (Å²) in [5.74, 6) is -0.447. The van der Waals surface area contributed by atoms with Crippen molar-refractivity contribution in [2.45, 2.75) is 32.2 Å². The quantitative estimate of drug-likeness (QED) is 0.694. The van der Waals surface area contributed by atoms with Gasteiger partial charge in [-0.25, -0.2) is 0 Å². The van der Waals surface area contributed by atoms with Crippen molar-refractivity contribution in [2.75, 3.05) is 20.2 Å². The molecule has 1 saturated heterocycles. The predicted octanol–water partition coefficient (Wildman–Crippen LogP) is 0.135. The number of hydrogen-bond donors (Lipinski definition) is 1. The number of ether oxygens (including phenoxy) is 1. The number of methoxy groups -OCH3 is 1. The van der Waals surface area contributed by atoms with Crippen LogP contribution in [0.1, 0.15) is 26.2 Å². The molecule has 1 aliphatic heterocycles. The van der Waals surface area contributed by atoms with Crippen LogP contribution in [0.5, 0.6) is 0 Å². The van der Waals surface area contributed by atoms with Crippen LogP contribution >= 0.6 is 0 Å². The van der Waals surface area contributed by atoms with Gasteiger partial charge < -0.3 is 10.5 Å². The number of piperidine rings is 1. The number of primary amides is 1. The molecule has 92 valence electrons. The maximum Gasteiger partial charge on any atom is 0.308 e. The highest BCUT2D eigenvalue weighted by molar-refractivity contribution is 5.79. The molecule has 1 atom stereocenters. The zero-order chi connectivity index (χ0) is 12.1. The Morgan fingerprint density at radius 1 is 1.44 bits per heavy atom. The van der Waals surface area contributed by atoms with E-state index < -0.39 is 0 Å². The second-order valence-electron chi connectivity index (χ2n) is 4.16. The van der Waals surface area contributed by atoms with Gasteiger partial charge in [0.2, 0.25) is 5.91 Å². The van der Waals surface area contributed by atoms with Gasteiger partial charge in [-0.15, -0.1) is 0 Å². The van der Waals surface area contributed by atoms with E-state index in [4.69, 9.17) is 10.5 Å². The molecule has 0 bridgehead atoms. The van der Waals surface area contributed by atoms with E-state index in [1.165, 1.54) is 7.11 Å². The number of hydrogen-bond acceptors (Lipinski definition) is 4. The molecule has 0 aromatic carbocycles. The first-order valence-corrected chi connectivity index (χ1v) is 5.71. The average molecular weight is 228 g/mol. The molecule has 1 unspecified atom stereocenters. The van der Waals surface area contributed by atoms with Gasteiger partial charge in [-0.2, -0.15) is 0 Å². The van der Waals surface area contributed by atoms with Crippen LogP contribution in [0, 0.1) is 5.92 Å². The van der Waals surface area contributed by atoms with Gasteiger partial charge in [0.05, 0.1) is 19.1 Å². The first kappa shape index (κ1) is 13.0. The molecular formula is C11H20N2O3. The van der Waals surface area contributed by atoms with Gasteiger partial charge in [-0.3, -0.25) is 14.5 Å². The van der Waals surface area contributed by atoms with Crippen LogP contribution < -0.4 is 5.73 Å². The van der Waals surface area contributed by atoms with Crippen molar-refractivity contribution in [3.05, 3.63) is 0 Å². The van der Waals surface area contributed by atoms with Gasteiger partial charge >= 0.3 is 5.97 Å². The van der Waals surface area contributed by atoms with Crippen LogP contribution in [0.2, 0.25) is 0 Å². The minimum absolute atomic E-state index is 0.0216. The summed E-state index contributed by atoms with van der Waals surface area (Å²) in [5, 5.41) is 0. The first-order valence-electron chi connectivity index (χ1n) is 5.71. The molecule has 0 aromatic heterocycles. The Kier molecular flexibility index (Phi) is 4.73. The van der Waals surface area contributed by atoms with Crippen molar-refractivity contribution in [3.63, 3.8) is 0 Å². The third kappa shape index (κ3) is 2.95. The Morgan fingerprint density at radius 2 is 2.00 bits per heavy atom. The van der Waals surface area contributed by atoms with E-state index in [-0.39, 0.29) is 23.8 Å². The van der Waals surface area contributed by atoms with Gasteiger partial charge in [0.15, 0.2) is 0 Å². The van der Waals surface area contributed by atoms with E-state index >= 15 is 0 Å². The summed E-state index contributed by atoms with van der Waals surface area (Å²) in [6, 6.07) is -0.196. The lowest BCUT2D eigenvalue weighted by Gasteiger charge is -2.34. The summed E-state index contributed by atoms with van der Waals surface area (Å²) in [7, 11) is 1.41. The highest BCUT2D eigenvalue weighted by Gasteiger charge is 2.30. The lowest BCUT2D eigenvalue weighted by atomic mass is 9.95. The van der Waals surface area contributed by atoms with E-state index in [0.717, 1.165) is 32.4 Å². The van der Waals surface area contributed by atoms with Crippen LogP contribution in [-0.4, -0.2) is 43.0 Å². The second-order valence-corrected chi connectivity index (χ2v) is 4.16. The van der Waals surface area contributed by atoms with Gasteiger partial charge in [0.25, 0.3) is 0 Å². The minimum atomic E-state index is -0.279. The SMILES string of the molecule is CCC(C(N)=O)N1CCC(C(=O)OC)CC1. The molecular weight excluding hydrogens is 208 g/mol. The Labute approximate surface area is 95.9 Å². The topological polar surface area (TPSA) is 72.6 Å². The minimum Gasteiger partial charge on any atom is -0.469 e. The molecule has 0 aromatic rings. The van der Waals surface area contributed by atoms with E-state index in [1.807, 2.05) is 6.92 Å². The molecule has 1 rings (SSSR count). The normalized spacial score (nSPS) is 20.4. The fourth-order valence-electron chi connectivity index (χ4n) is 2.25. The lowest BCUT2D eigenvalue weighted by molar-refractivity contribution is -0.147. The molecule has 5 nitrogen and oxygen atoms in total. The largest absolute Gasteiger partial charge is 0.469 e. The number of amides is 1. The molecule has 5 heteroatoms. The number of carbonyl (C=O) groups is 2. The fraction of sp³-hybridized carbons (Fsp3) is 0.818. The van der Waals surface area contributed by atoms with Crippen LogP contribution in [0.25, 0.3) is 0 Å². The van der Waals surface area contributed by atoms with Crippen molar-refractivity contribution in [1.29, 1.82) is 0 Å². The van der Waals surface area contributed by atoms with Gasteiger partial charge in [0.1, 0.15) is 0 Å². The van der Waals surface area contributed by atoms with Gasteiger partial charge in [-0.1, -0.05) is 6.92 Å². The van der Waals surface area contributed by atoms with Crippen LogP contribution in [0.4, 0.5) is 0 Å². The molecule has 0 saturated carbocycles. The molecule has 0 radical (unpaired) electrons. The smallest absolute Gasteiger partial charge is 0.308 e. The number of esters is 1. The highest BCUT2D eigenvalue weighted by atomic mass is 16.5. The van der Waals surface area contributed by atoms with Crippen molar-refractivity contribution in [3.8, 4) is 0 Å². The average Bonchev–Trinajstić information content (AvgIpc) is 2.29. The van der Waals surface area contributed by atoms with Gasteiger partial charge in [-0.05, 0) is 32.4 Å². The van der Waals surface area contributed by atoms with Crippen LogP contribution in [0.15, 0.2) is 0 Å². The zero-order valence-corrected chi connectivity index (χ0v) is 9.94. The Balaban J connectivity index is 2.47. The summed E-state index contributed by atoms with van der Waals surface area (Å²) in [4.78, 5) is 24.6. The van der Waals surface area contributed by atoms with E-state index in [0.29, 0.717) is 0 Å². The number of carbonyl (C=O) groups excluding carboxylic acids is 2. The third-order valence-corrected chi connectivity index (χ3v) is 3.22. The number of likely N-dealkylation sites (tertiary alicyclic amines) is 1. The molecule has 16 heavy (non-hydrogen) atoms. The van der Waals surface area contributed by atoms with Crippen molar-refractivity contribution in [1.82, 2.24) is 4.90 Å². The maximum absolute atomic E-state index is 11.3. The summed E-state index contributed by atoms with van der Waals surface area (Å²) in [6.07, 6.45) is 2.21. The van der Waals surface area contributed by atoms with Crippen LogP contribution in [0.3, 0.4) is 0 Å². The monoisotopic (exact) mass is 228 g/mol. The van der Waals surface area contributed by atoms with Crippen LogP contribution in [-0.2, 0) is 14.3 Å². The Bertz CT molecular complexity index is 260. The molecule has 2 N–H and O–H groups in total. The molecule has 0 spiro atoms. The Hall–Kier alpha value is -1.10. The second kappa shape index (κ2) is 5.84. The third-order valence-electron chi connectivity index (χ3n) is 3.22. The highest BCUT2D eigenvalue weighted by Crippen LogP contribution is 2.20. The molecule has 0 aliphatic carbocycles. The summed E-state index contributed by atoms with van der Waals surface area (Å²) >= 11 is 0. The molecule has 1 amide bonds. The fourth-order valence-corrected chi connectivity index (χ4v) is 2.25. The Morgan fingerprint density at radius 3 is 2.38 bits per heavy atom. The number of rotatable bonds is 4. The van der Waals surface area contributed by atoms with E-state index in [9.17, 15) is 9.59 Å². The standard InChI is InChI=1S/C11H20N2O3/c1-3-9(10(12)14)13-6-4-8(5-7-13)11(15)16-2/h8-9H,3-7H2,1-2H3,(H2,12,14). The van der Waals surface area contributed by atoms with E-state index in [1.54, 1.807) is 0 Å². The maximum atomic E-state index is 11.3.